The maximum atomic E-state index is 5.59. The van der Waals surface area contributed by atoms with Crippen molar-refractivity contribution in [2.24, 2.45) is 0 Å². The zero-order valence-corrected chi connectivity index (χ0v) is 20.6. The number of ether oxygens (including phenoxy) is 4. The van der Waals surface area contributed by atoms with Gasteiger partial charge in [0.25, 0.3) is 0 Å². The van der Waals surface area contributed by atoms with E-state index in [1.165, 1.54) is 5.56 Å². The molecular formula is C26H28BrNO4. The highest BCUT2D eigenvalue weighted by Gasteiger charge is 2.18. The predicted molar refractivity (Wildman–Crippen MR) is 133 cm³/mol. The van der Waals surface area contributed by atoms with E-state index in [1.54, 1.807) is 28.4 Å². The fourth-order valence-electron chi connectivity index (χ4n) is 3.47. The van der Waals surface area contributed by atoms with Gasteiger partial charge in [-0.25, -0.2) is 0 Å². The second-order valence-corrected chi connectivity index (χ2v) is 8.02. The molecule has 0 aromatic heterocycles. The van der Waals surface area contributed by atoms with Gasteiger partial charge in [-0.15, -0.1) is 0 Å². The number of hydrogen-bond acceptors (Lipinski definition) is 5. The molecule has 0 bridgehead atoms. The Bertz CT molecular complexity index is 1050. The SMILES string of the molecule is COc1ccc(CN(C)/C(=C/c2ccccc2Br)c2cc(OC)c(OC)c(OC)c2)cc1. The van der Waals surface area contributed by atoms with E-state index in [2.05, 4.69) is 52.2 Å². The topological polar surface area (TPSA) is 40.2 Å². The van der Waals surface area contributed by atoms with Crippen molar-refractivity contribution in [3.8, 4) is 23.0 Å². The van der Waals surface area contributed by atoms with Crippen LogP contribution < -0.4 is 18.9 Å². The largest absolute Gasteiger partial charge is 0.497 e. The second-order valence-electron chi connectivity index (χ2n) is 7.17. The Morgan fingerprint density at radius 2 is 1.47 bits per heavy atom. The molecule has 0 aliphatic heterocycles. The lowest BCUT2D eigenvalue weighted by Gasteiger charge is -2.25. The highest BCUT2D eigenvalue weighted by Crippen LogP contribution is 2.41. The Labute approximate surface area is 198 Å². The van der Waals surface area contributed by atoms with E-state index in [1.807, 2.05) is 42.5 Å². The molecule has 0 aliphatic rings. The van der Waals surface area contributed by atoms with E-state index in [-0.39, 0.29) is 0 Å². The summed E-state index contributed by atoms with van der Waals surface area (Å²) in [5.74, 6) is 2.62. The van der Waals surface area contributed by atoms with Crippen LogP contribution in [0.5, 0.6) is 23.0 Å². The van der Waals surface area contributed by atoms with Gasteiger partial charge in [-0.2, -0.15) is 0 Å². The summed E-state index contributed by atoms with van der Waals surface area (Å²) >= 11 is 3.66. The molecule has 0 spiro atoms. The van der Waals surface area contributed by atoms with Gasteiger partial charge in [0.15, 0.2) is 11.5 Å². The van der Waals surface area contributed by atoms with Crippen molar-refractivity contribution in [3.63, 3.8) is 0 Å². The van der Waals surface area contributed by atoms with Crippen molar-refractivity contribution in [2.45, 2.75) is 6.54 Å². The highest BCUT2D eigenvalue weighted by molar-refractivity contribution is 9.10. The lowest BCUT2D eigenvalue weighted by molar-refractivity contribution is 0.324. The average molecular weight is 498 g/mol. The number of rotatable bonds is 9. The van der Waals surface area contributed by atoms with Crippen molar-refractivity contribution >= 4 is 27.7 Å². The monoisotopic (exact) mass is 497 g/mol. The van der Waals surface area contributed by atoms with Crippen molar-refractivity contribution in [2.75, 3.05) is 35.5 Å². The summed E-state index contributed by atoms with van der Waals surface area (Å²) < 4.78 is 23.0. The molecule has 6 heteroatoms. The minimum Gasteiger partial charge on any atom is -0.497 e. The standard InChI is InChI=1S/C26H28BrNO4/c1-28(17-18-10-12-21(29-2)13-11-18)23(14-19-8-6-7-9-22(19)27)20-15-24(30-3)26(32-5)25(16-20)31-4/h6-16H,17H2,1-5H3/b23-14+. The van der Waals surface area contributed by atoms with Crippen molar-refractivity contribution in [1.29, 1.82) is 0 Å². The summed E-state index contributed by atoms with van der Waals surface area (Å²) in [7, 11) is 8.59. The molecule has 0 radical (unpaired) electrons. The number of nitrogens with zero attached hydrogens (tertiary/aromatic N) is 1. The Morgan fingerprint density at radius 3 is 2.00 bits per heavy atom. The molecule has 0 atom stereocenters. The van der Waals surface area contributed by atoms with Gasteiger partial charge in [-0.3, -0.25) is 0 Å². The third-order valence-corrected chi connectivity index (χ3v) is 5.87. The van der Waals surface area contributed by atoms with Gasteiger partial charge in [0.1, 0.15) is 5.75 Å². The normalized spacial score (nSPS) is 11.1. The van der Waals surface area contributed by atoms with Crippen LogP contribution in [0.15, 0.2) is 65.1 Å². The molecule has 3 rings (SSSR count). The maximum Gasteiger partial charge on any atom is 0.203 e. The van der Waals surface area contributed by atoms with E-state index in [9.17, 15) is 0 Å². The van der Waals surface area contributed by atoms with Gasteiger partial charge in [-0.05, 0) is 47.5 Å². The Morgan fingerprint density at radius 1 is 0.844 bits per heavy atom. The third kappa shape index (κ3) is 5.37. The van der Waals surface area contributed by atoms with Gasteiger partial charge in [0, 0.05) is 29.3 Å². The molecule has 0 heterocycles. The number of hydrogen-bond donors (Lipinski definition) is 0. The summed E-state index contributed by atoms with van der Waals surface area (Å²) in [5, 5.41) is 0. The summed E-state index contributed by atoms with van der Waals surface area (Å²) in [5.41, 5.74) is 4.19. The molecule has 0 amide bonds. The first-order chi connectivity index (χ1) is 15.5. The molecule has 3 aromatic rings. The summed E-state index contributed by atoms with van der Waals surface area (Å²) in [6, 6.07) is 20.1. The summed E-state index contributed by atoms with van der Waals surface area (Å²) in [4.78, 5) is 2.20. The molecule has 0 saturated carbocycles. The average Bonchev–Trinajstić information content (AvgIpc) is 2.82. The molecule has 32 heavy (non-hydrogen) atoms. The van der Waals surface area contributed by atoms with Crippen LogP contribution in [0.2, 0.25) is 0 Å². The Hall–Kier alpha value is -3.12. The smallest absolute Gasteiger partial charge is 0.203 e. The van der Waals surface area contributed by atoms with Crippen molar-refractivity contribution in [1.82, 2.24) is 4.90 Å². The van der Waals surface area contributed by atoms with Gasteiger partial charge in [-0.1, -0.05) is 46.3 Å². The second kappa shape index (κ2) is 11.0. The van der Waals surface area contributed by atoms with E-state index in [0.717, 1.165) is 27.0 Å². The van der Waals surface area contributed by atoms with Gasteiger partial charge < -0.3 is 23.8 Å². The third-order valence-electron chi connectivity index (χ3n) is 5.15. The maximum absolute atomic E-state index is 5.59. The molecule has 5 nitrogen and oxygen atoms in total. The molecule has 0 saturated heterocycles. The van der Waals surface area contributed by atoms with Crippen LogP contribution in [0, 0.1) is 0 Å². The molecule has 0 fully saturated rings. The van der Waals surface area contributed by atoms with E-state index >= 15 is 0 Å². The van der Waals surface area contributed by atoms with Crippen LogP contribution in [0.25, 0.3) is 11.8 Å². The van der Waals surface area contributed by atoms with Crippen LogP contribution >= 0.6 is 15.9 Å². The predicted octanol–water partition coefficient (Wildman–Crippen LogP) is 6.11. The number of methoxy groups -OCH3 is 4. The zero-order chi connectivity index (χ0) is 23.1. The van der Waals surface area contributed by atoms with Crippen LogP contribution in [0.4, 0.5) is 0 Å². The van der Waals surface area contributed by atoms with Gasteiger partial charge in [0.2, 0.25) is 5.75 Å². The first kappa shape index (κ1) is 23.5. The molecular weight excluding hydrogens is 470 g/mol. The van der Waals surface area contributed by atoms with Crippen LogP contribution in [0.1, 0.15) is 16.7 Å². The zero-order valence-electron chi connectivity index (χ0n) is 19.0. The molecule has 0 N–H and O–H groups in total. The quantitative estimate of drug-likeness (QED) is 0.333. The molecule has 168 valence electrons. The van der Waals surface area contributed by atoms with Crippen molar-refractivity contribution in [3.05, 3.63) is 81.8 Å². The Kier molecular flexibility index (Phi) is 8.06. The van der Waals surface area contributed by atoms with E-state index in [4.69, 9.17) is 18.9 Å². The molecule has 0 aliphatic carbocycles. The van der Waals surface area contributed by atoms with Gasteiger partial charge in [0.05, 0.1) is 28.4 Å². The summed E-state index contributed by atoms with van der Waals surface area (Å²) in [6.07, 6.45) is 2.15. The minimum absolute atomic E-state index is 0.566. The summed E-state index contributed by atoms with van der Waals surface area (Å²) in [6.45, 7) is 0.705. The lowest BCUT2D eigenvalue weighted by Crippen LogP contribution is -2.16. The van der Waals surface area contributed by atoms with Crippen LogP contribution in [0.3, 0.4) is 0 Å². The van der Waals surface area contributed by atoms with Crippen molar-refractivity contribution < 1.29 is 18.9 Å². The fourth-order valence-corrected chi connectivity index (χ4v) is 3.87. The molecule has 3 aromatic carbocycles. The first-order valence-corrected chi connectivity index (χ1v) is 10.9. The fraction of sp³-hybridized carbons (Fsp3) is 0.231. The highest BCUT2D eigenvalue weighted by atomic mass is 79.9. The minimum atomic E-state index is 0.566. The van der Waals surface area contributed by atoms with E-state index < -0.39 is 0 Å². The van der Waals surface area contributed by atoms with Crippen LogP contribution in [-0.4, -0.2) is 40.4 Å². The van der Waals surface area contributed by atoms with Gasteiger partial charge >= 0.3 is 0 Å². The molecule has 0 unspecified atom stereocenters. The first-order valence-electron chi connectivity index (χ1n) is 10.1. The Balaban J connectivity index is 2.09. The lowest BCUT2D eigenvalue weighted by atomic mass is 10.0. The number of halogens is 1. The van der Waals surface area contributed by atoms with E-state index in [0.29, 0.717) is 23.8 Å². The number of benzene rings is 3. The van der Waals surface area contributed by atoms with Crippen LogP contribution in [-0.2, 0) is 6.54 Å².